The molecule has 0 aromatic heterocycles. The zero-order valence-electron chi connectivity index (χ0n) is 2.36. The van der Waals surface area contributed by atoms with Crippen molar-refractivity contribution in [2.75, 3.05) is 0 Å². The van der Waals surface area contributed by atoms with Gasteiger partial charge in [0.2, 0.25) is 0 Å². The second-order valence-corrected chi connectivity index (χ2v) is 2.72. The van der Waals surface area contributed by atoms with Crippen LogP contribution in [0.4, 0.5) is 0 Å². The molecule has 1 aliphatic rings. The number of hydrogen-bond acceptors (Lipinski definition) is 0. The van der Waals surface area contributed by atoms with E-state index in [9.17, 15) is 0 Å². The van der Waals surface area contributed by atoms with E-state index in [1.165, 1.54) is 0 Å². The molecular formula is C3H5P. The molecule has 0 aliphatic carbocycles. The van der Waals surface area contributed by atoms with Gasteiger partial charge in [0.05, 0.1) is 0 Å². The summed E-state index contributed by atoms with van der Waals surface area (Å²) < 4.78 is 0. The molecule has 0 radical (unpaired) electrons. The molecule has 0 unspecified atom stereocenters. The quantitative estimate of drug-likeness (QED) is 0.376. The van der Waals surface area contributed by atoms with Gasteiger partial charge in [0.1, 0.15) is 0 Å². The van der Waals surface area contributed by atoms with E-state index in [0.29, 0.717) is 0 Å². The Morgan fingerprint density at radius 3 is 1.75 bits per heavy atom. The van der Waals surface area contributed by atoms with E-state index in [-0.39, 0.29) is 7.55 Å². The summed E-state index contributed by atoms with van der Waals surface area (Å²) in [5.41, 5.74) is 0. The van der Waals surface area contributed by atoms with Gasteiger partial charge in [0.25, 0.3) is 0 Å². The summed E-state index contributed by atoms with van der Waals surface area (Å²) in [6.07, 6.45) is 3.74. The first kappa shape index (κ1) is 2.29. The predicted molar refractivity (Wildman–Crippen MR) is 24.6 cm³/mol. The van der Waals surface area contributed by atoms with Crippen molar-refractivity contribution in [2.45, 2.75) is 0 Å². The van der Waals surface area contributed by atoms with E-state index >= 15 is 0 Å². The van der Waals surface area contributed by atoms with E-state index in [0.717, 1.165) is 0 Å². The Kier molecular flexibility index (Phi) is 0.285. The summed E-state index contributed by atoms with van der Waals surface area (Å²) >= 11 is 0. The summed E-state index contributed by atoms with van der Waals surface area (Å²) in [6, 6.07) is 0. The van der Waals surface area contributed by atoms with E-state index < -0.39 is 0 Å². The third-order valence-corrected chi connectivity index (χ3v) is 1.21. The fourth-order valence-electron chi connectivity index (χ4n) is 0.0589. The molecule has 0 nitrogen and oxygen atoms in total. The Balaban J connectivity index is 2.80. The molecule has 0 aromatic rings. The molecule has 1 heterocycles. The van der Waals surface area contributed by atoms with Crippen LogP contribution in [0.1, 0.15) is 0 Å². The van der Waals surface area contributed by atoms with Gasteiger partial charge in [-0.25, -0.2) is 0 Å². The Hall–Kier alpha value is 0.0400. The van der Waals surface area contributed by atoms with Gasteiger partial charge in [-0.3, -0.25) is 0 Å². The van der Waals surface area contributed by atoms with E-state index in [4.69, 9.17) is 0 Å². The molecule has 0 atom stereocenters. The summed E-state index contributed by atoms with van der Waals surface area (Å²) in [4.78, 5) is 0. The largest absolute Gasteiger partial charge is 0.0964 e. The molecule has 4 heavy (non-hydrogen) atoms. The van der Waals surface area contributed by atoms with Crippen molar-refractivity contribution in [3.05, 3.63) is 11.6 Å². The standard InChI is InChI=1S/C3H5P/c1-4-2-3-4/h2-4H,1H2. The molecule has 1 aliphatic heterocycles. The van der Waals surface area contributed by atoms with Crippen LogP contribution >= 0.6 is 7.55 Å². The van der Waals surface area contributed by atoms with Crippen molar-refractivity contribution < 1.29 is 0 Å². The van der Waals surface area contributed by atoms with Crippen molar-refractivity contribution in [3.8, 4) is 0 Å². The zero-order chi connectivity index (χ0) is 2.99. The minimum absolute atomic E-state index is 0.130. The van der Waals surface area contributed by atoms with Gasteiger partial charge in [-0.15, -0.1) is 0 Å². The van der Waals surface area contributed by atoms with Gasteiger partial charge in [-0.1, -0.05) is 25.5 Å². The smallest absolute Gasteiger partial charge is 0.0598 e. The van der Waals surface area contributed by atoms with Crippen molar-refractivity contribution in [3.63, 3.8) is 0 Å². The fraction of sp³-hybridized carbons (Fsp3) is 0. The molecule has 0 spiro atoms. The van der Waals surface area contributed by atoms with Crippen LogP contribution in [0.25, 0.3) is 0 Å². The maximum absolute atomic E-state index is 3.74. The third kappa shape index (κ3) is 0.239. The molecule has 0 fully saturated rings. The van der Waals surface area contributed by atoms with Crippen LogP contribution < -0.4 is 0 Å². The van der Waals surface area contributed by atoms with Crippen LogP contribution in [-0.4, -0.2) is 6.30 Å². The highest BCUT2D eigenvalue weighted by atomic mass is 31.1. The molecule has 0 aromatic carbocycles. The summed E-state index contributed by atoms with van der Waals surface area (Å²) in [6.45, 7) is 0. The van der Waals surface area contributed by atoms with Crippen LogP contribution in [0.15, 0.2) is 11.6 Å². The minimum atomic E-state index is -0.130. The van der Waals surface area contributed by atoms with Crippen LogP contribution in [0.2, 0.25) is 0 Å². The van der Waals surface area contributed by atoms with Crippen molar-refractivity contribution in [1.29, 1.82) is 0 Å². The molecule has 1 heteroatoms. The molecular weight excluding hydrogens is 67.0 g/mol. The van der Waals surface area contributed by atoms with Gasteiger partial charge in [-0.2, -0.15) is 0 Å². The van der Waals surface area contributed by atoms with Crippen LogP contribution in [0.5, 0.6) is 0 Å². The van der Waals surface area contributed by atoms with Gasteiger partial charge in [-0.05, 0) is 0 Å². The highest BCUT2D eigenvalue weighted by molar-refractivity contribution is 7.68. The minimum Gasteiger partial charge on any atom is -0.0964 e. The highest BCUT2D eigenvalue weighted by Gasteiger charge is 1.84. The van der Waals surface area contributed by atoms with Gasteiger partial charge in [0.15, 0.2) is 0 Å². The van der Waals surface area contributed by atoms with Gasteiger partial charge >= 0.3 is 0 Å². The van der Waals surface area contributed by atoms with E-state index in [1.54, 1.807) is 0 Å². The molecule has 0 amide bonds. The van der Waals surface area contributed by atoms with Gasteiger partial charge in [0, 0.05) is 0 Å². The number of hydrogen-bond donors (Lipinski definition) is 0. The molecule has 0 bridgehead atoms. The zero-order valence-corrected chi connectivity index (χ0v) is 3.36. The first-order valence-corrected chi connectivity index (χ1v) is 3.13. The second-order valence-electron chi connectivity index (χ2n) is 0.908. The maximum atomic E-state index is 3.74. The number of rotatable bonds is 0. The van der Waals surface area contributed by atoms with Crippen LogP contribution in [-0.2, 0) is 0 Å². The van der Waals surface area contributed by atoms with E-state index in [2.05, 4.69) is 17.9 Å². The lowest BCUT2D eigenvalue weighted by atomic mass is 11.3. The van der Waals surface area contributed by atoms with Crippen LogP contribution in [0, 0.1) is 0 Å². The Morgan fingerprint density at radius 2 is 1.75 bits per heavy atom. The van der Waals surface area contributed by atoms with Crippen molar-refractivity contribution >= 4 is 13.8 Å². The molecule has 0 saturated heterocycles. The topological polar surface area (TPSA) is 0 Å². The Bertz CT molecular complexity index is 63.4. The Labute approximate surface area is 26.5 Å². The van der Waals surface area contributed by atoms with Gasteiger partial charge < -0.3 is 0 Å². The second kappa shape index (κ2) is 0.498. The lowest BCUT2D eigenvalue weighted by molar-refractivity contribution is 2.81. The molecule has 0 saturated carbocycles. The van der Waals surface area contributed by atoms with Crippen molar-refractivity contribution in [2.24, 2.45) is 0 Å². The monoisotopic (exact) mass is 72.0 g/mol. The highest BCUT2D eigenvalue weighted by Crippen LogP contribution is 2.37. The molecule has 22 valence electrons. The average molecular weight is 72.0 g/mol. The molecule has 0 N–H and O–H groups in total. The summed E-state index contributed by atoms with van der Waals surface area (Å²) in [7, 11) is -0.130. The average Bonchev–Trinajstić information content (AvgIpc) is 1.75. The first-order chi connectivity index (χ1) is 1.89. The SMILES string of the molecule is C=[PH]1C=C1. The lowest BCUT2D eigenvalue weighted by Crippen LogP contribution is -0.963. The van der Waals surface area contributed by atoms with E-state index in [1.807, 2.05) is 0 Å². The molecule has 1 rings (SSSR count). The normalized spacial score (nSPS) is 22.0. The summed E-state index contributed by atoms with van der Waals surface area (Å²) in [5.74, 6) is 4.31. The predicted octanol–water partition coefficient (Wildman–Crippen LogP) is 1.12. The lowest BCUT2D eigenvalue weighted by Gasteiger charge is -1.42. The summed E-state index contributed by atoms with van der Waals surface area (Å²) in [5, 5.41) is 0. The fourth-order valence-corrected chi connectivity index (χ4v) is 0.530. The van der Waals surface area contributed by atoms with Crippen LogP contribution in [0.3, 0.4) is 0 Å². The Morgan fingerprint density at radius 1 is 1.50 bits per heavy atom. The first-order valence-electron chi connectivity index (χ1n) is 1.26. The maximum Gasteiger partial charge on any atom is -0.0598 e. The third-order valence-electron chi connectivity index (χ3n) is 0.402. The van der Waals surface area contributed by atoms with Crippen molar-refractivity contribution in [1.82, 2.24) is 0 Å².